The van der Waals surface area contributed by atoms with Crippen LogP contribution in [-0.2, 0) is 4.79 Å². The van der Waals surface area contributed by atoms with Gasteiger partial charge in [-0.15, -0.1) is 0 Å². The number of aliphatic carboxylic acids is 1. The summed E-state index contributed by atoms with van der Waals surface area (Å²) in [5.74, 6) is -1.76. The van der Waals surface area contributed by atoms with E-state index in [9.17, 15) is 4.79 Å². The van der Waals surface area contributed by atoms with Crippen LogP contribution in [-0.4, -0.2) is 40.6 Å². The molecule has 0 bridgehead atoms. The molecular weight excluding hydrogens is 79.0 g/mol. The van der Waals surface area contributed by atoms with Crippen LogP contribution in [0.1, 0.15) is 11.0 Å². The summed E-state index contributed by atoms with van der Waals surface area (Å²) in [6, 6.07) is 0. The molecule has 0 aliphatic rings. The fraction of sp³-hybridized carbons (Fsp3) is 0.500. The molecule has 0 unspecified atom stereocenters. The van der Waals surface area contributed by atoms with E-state index in [1.165, 1.54) is 0 Å². The van der Waals surface area contributed by atoms with Crippen LogP contribution < -0.4 is 0 Å². The molecule has 0 amide bonds. The smallest absolute Gasteiger partial charge is 0.300 e. The third kappa shape index (κ3) is 123. The standard InChI is InChI=1S/C2H4O2.Na/c1-2(3)4;/h1H3,(H,3,4);/i1D3;. The zero-order chi connectivity index (χ0) is 6.08. The minimum absolute atomic E-state index is 0. The summed E-state index contributed by atoms with van der Waals surface area (Å²) in [6.45, 7) is -2.83. The van der Waals surface area contributed by atoms with Crippen LogP contribution >= 0.6 is 0 Å². The van der Waals surface area contributed by atoms with Crippen molar-refractivity contribution in [3.05, 3.63) is 0 Å². The molecule has 0 aromatic carbocycles. The second kappa shape index (κ2) is 4.47. The molecule has 0 aromatic rings. The van der Waals surface area contributed by atoms with Crippen molar-refractivity contribution in [1.82, 2.24) is 0 Å². The van der Waals surface area contributed by atoms with Gasteiger partial charge >= 0.3 is 0 Å². The predicted octanol–water partition coefficient (Wildman–Crippen LogP) is -0.290. The maximum absolute atomic E-state index is 9.46. The van der Waals surface area contributed by atoms with E-state index in [0.717, 1.165) is 0 Å². The largest absolute Gasteiger partial charge is 0.481 e. The molecule has 25 valence electrons. The van der Waals surface area contributed by atoms with Gasteiger partial charge in [0.05, 0.1) is 0 Å². The number of carboxylic acid groups (broad SMARTS) is 1. The van der Waals surface area contributed by atoms with Gasteiger partial charge in [-0.1, -0.05) is 0 Å². The van der Waals surface area contributed by atoms with Crippen LogP contribution in [0.15, 0.2) is 0 Å². The van der Waals surface area contributed by atoms with E-state index in [0.29, 0.717) is 0 Å². The van der Waals surface area contributed by atoms with Crippen LogP contribution in [0, 0.1) is 0 Å². The molecule has 0 heterocycles. The van der Waals surface area contributed by atoms with E-state index in [1.807, 2.05) is 0 Å². The van der Waals surface area contributed by atoms with Crippen LogP contribution in [0.3, 0.4) is 0 Å². The summed E-state index contributed by atoms with van der Waals surface area (Å²) >= 11 is 0. The van der Waals surface area contributed by atoms with Crippen molar-refractivity contribution in [2.45, 2.75) is 6.85 Å². The zero-order valence-electron chi connectivity index (χ0n) is 5.86. The Labute approximate surface area is 56.7 Å². The Balaban J connectivity index is 0. The van der Waals surface area contributed by atoms with Crippen molar-refractivity contribution < 1.29 is 14.0 Å². The average molecular weight is 86.1 g/mol. The van der Waals surface area contributed by atoms with Crippen LogP contribution in [0.2, 0.25) is 0 Å². The molecule has 2 nitrogen and oxygen atoms in total. The van der Waals surface area contributed by atoms with Gasteiger partial charge in [-0.05, 0) is 0 Å². The van der Waals surface area contributed by atoms with Crippen LogP contribution in [0.25, 0.3) is 0 Å². The van der Waals surface area contributed by atoms with E-state index in [4.69, 9.17) is 9.22 Å². The fourth-order valence-corrected chi connectivity index (χ4v) is 0. The molecular formula is C2H4NaO2. The summed E-state index contributed by atoms with van der Waals surface area (Å²) in [7, 11) is 0. The van der Waals surface area contributed by atoms with Gasteiger partial charge < -0.3 is 5.11 Å². The molecule has 0 rings (SSSR count). The van der Waals surface area contributed by atoms with Gasteiger partial charge in [0.25, 0.3) is 5.97 Å². The molecule has 0 aliphatic carbocycles. The number of hydrogen-bond donors (Lipinski definition) is 1. The first-order valence-electron chi connectivity index (χ1n) is 2.18. The summed E-state index contributed by atoms with van der Waals surface area (Å²) in [5, 5.41) is 7.69. The van der Waals surface area contributed by atoms with Gasteiger partial charge in [0.15, 0.2) is 0 Å². The minimum atomic E-state index is -2.83. The van der Waals surface area contributed by atoms with Crippen molar-refractivity contribution in [2.24, 2.45) is 0 Å². The maximum atomic E-state index is 9.46. The molecule has 0 atom stereocenters. The number of carboxylic acids is 1. The molecule has 0 fully saturated rings. The Morgan fingerprint density at radius 2 is 2.40 bits per heavy atom. The van der Waals surface area contributed by atoms with Crippen molar-refractivity contribution in [3.63, 3.8) is 0 Å². The second-order valence-corrected chi connectivity index (χ2v) is 0.305. The summed E-state index contributed by atoms with van der Waals surface area (Å²) in [5.41, 5.74) is 0. The Morgan fingerprint density at radius 3 is 2.40 bits per heavy atom. The van der Waals surface area contributed by atoms with E-state index in [2.05, 4.69) is 0 Å². The zero-order valence-corrected chi connectivity index (χ0v) is 4.86. The quantitative estimate of drug-likeness (QED) is 0.411. The molecule has 0 saturated carbocycles. The van der Waals surface area contributed by atoms with Gasteiger partial charge in [-0.25, -0.2) is 0 Å². The normalized spacial score (nSPS) is 16.4. The first-order valence-corrected chi connectivity index (χ1v) is 0.678. The van der Waals surface area contributed by atoms with E-state index >= 15 is 0 Å². The molecule has 0 aliphatic heterocycles. The third-order valence-electron chi connectivity index (χ3n) is 0. The van der Waals surface area contributed by atoms with E-state index in [1.54, 1.807) is 0 Å². The van der Waals surface area contributed by atoms with Crippen LogP contribution in [0.4, 0.5) is 0 Å². The third-order valence-corrected chi connectivity index (χ3v) is 0. The van der Waals surface area contributed by atoms with Crippen molar-refractivity contribution in [1.29, 1.82) is 0 Å². The van der Waals surface area contributed by atoms with Gasteiger partial charge in [-0.3, -0.25) is 4.79 Å². The van der Waals surface area contributed by atoms with Gasteiger partial charge in [0.2, 0.25) is 0 Å². The monoisotopic (exact) mass is 86.0 g/mol. The van der Waals surface area contributed by atoms with Crippen molar-refractivity contribution in [2.75, 3.05) is 0 Å². The molecule has 0 aromatic heterocycles. The van der Waals surface area contributed by atoms with Crippen molar-refractivity contribution in [3.8, 4) is 0 Å². The molecule has 1 N–H and O–H groups in total. The fourth-order valence-electron chi connectivity index (χ4n) is 0. The van der Waals surface area contributed by atoms with E-state index < -0.39 is 12.8 Å². The molecule has 5 heavy (non-hydrogen) atoms. The first-order chi connectivity index (χ1) is 2.94. The van der Waals surface area contributed by atoms with Crippen molar-refractivity contribution >= 4 is 35.5 Å². The predicted molar refractivity (Wildman–Crippen MR) is 19.1 cm³/mol. The second-order valence-electron chi connectivity index (χ2n) is 0.305. The van der Waals surface area contributed by atoms with Gasteiger partial charge in [0.1, 0.15) is 0 Å². The molecule has 1 radical (unpaired) electrons. The number of carbonyl (C=O) groups is 1. The minimum Gasteiger partial charge on any atom is -0.481 e. The maximum Gasteiger partial charge on any atom is 0.300 e. The number of rotatable bonds is 0. The summed E-state index contributed by atoms with van der Waals surface area (Å²) in [4.78, 5) is 9.46. The summed E-state index contributed by atoms with van der Waals surface area (Å²) < 4.78 is 18.4. The van der Waals surface area contributed by atoms with Gasteiger partial charge in [0, 0.05) is 40.5 Å². The topological polar surface area (TPSA) is 37.3 Å². The van der Waals surface area contributed by atoms with E-state index in [-0.39, 0.29) is 29.6 Å². The Hall–Kier alpha value is 0.470. The molecule has 0 spiro atoms. The Kier molecular flexibility index (Phi) is 2.33. The molecule has 0 saturated heterocycles. The molecule has 3 heteroatoms. The Morgan fingerprint density at radius 1 is 2.20 bits per heavy atom. The average Bonchev–Trinajstić information content (AvgIpc) is 1.31. The first kappa shape index (κ1) is 2.61. The Bertz CT molecular complexity index is 87.8. The van der Waals surface area contributed by atoms with Gasteiger partial charge in [-0.2, -0.15) is 0 Å². The van der Waals surface area contributed by atoms with Crippen LogP contribution in [0.5, 0.6) is 0 Å². The number of hydrogen-bond acceptors (Lipinski definition) is 1. The summed E-state index contributed by atoms with van der Waals surface area (Å²) in [6.07, 6.45) is 0. The SMILES string of the molecule is [2H]C([2H])([2H])C(=O)O.[Na].